The number of amides is 2. The molecule has 2 saturated heterocycles. The number of benzene rings is 2. The van der Waals surface area contributed by atoms with Gasteiger partial charge in [-0.1, -0.05) is 36.4 Å². The molecule has 192 valence electrons. The van der Waals surface area contributed by atoms with Gasteiger partial charge in [0.25, 0.3) is 0 Å². The second-order valence-corrected chi connectivity index (χ2v) is 10.7. The zero-order valence-corrected chi connectivity index (χ0v) is 21.9. The van der Waals surface area contributed by atoms with Crippen LogP contribution in [0.4, 0.5) is 11.4 Å². The molecule has 0 unspecified atom stereocenters. The summed E-state index contributed by atoms with van der Waals surface area (Å²) in [6.45, 7) is 11.0. The van der Waals surface area contributed by atoms with E-state index in [2.05, 4.69) is 82.0 Å². The number of hydrogen-bond donors (Lipinski definition) is 0. The maximum Gasteiger partial charge on any atom is 0.225 e. The maximum absolute atomic E-state index is 13.2. The Hall–Kier alpha value is -3.02. The first-order valence-electron chi connectivity index (χ1n) is 13.7. The van der Waals surface area contributed by atoms with Crippen molar-refractivity contribution in [3.05, 3.63) is 59.7 Å². The Kier molecular flexibility index (Phi) is 7.49. The molecule has 2 aromatic carbocycles. The van der Waals surface area contributed by atoms with E-state index in [4.69, 9.17) is 0 Å². The molecule has 0 spiro atoms. The Morgan fingerprint density at radius 2 is 0.889 bits per heavy atom. The average Bonchev–Trinajstić information content (AvgIpc) is 2.93. The summed E-state index contributed by atoms with van der Waals surface area (Å²) in [6.07, 6.45) is 3.37. The summed E-state index contributed by atoms with van der Waals surface area (Å²) in [6, 6.07) is 17.0. The second kappa shape index (κ2) is 10.9. The molecule has 0 atom stereocenters. The van der Waals surface area contributed by atoms with Crippen LogP contribution in [-0.4, -0.2) is 74.0 Å². The van der Waals surface area contributed by atoms with Gasteiger partial charge in [-0.15, -0.1) is 0 Å². The fourth-order valence-corrected chi connectivity index (χ4v) is 6.28. The zero-order chi connectivity index (χ0) is 25.1. The molecular weight excluding hydrogens is 448 g/mol. The van der Waals surface area contributed by atoms with E-state index in [-0.39, 0.29) is 11.8 Å². The smallest absolute Gasteiger partial charge is 0.225 e. The predicted molar refractivity (Wildman–Crippen MR) is 145 cm³/mol. The average molecular weight is 489 g/mol. The number of piperazine rings is 2. The Balaban J connectivity index is 1.07. The van der Waals surface area contributed by atoms with Gasteiger partial charge in [-0.3, -0.25) is 9.59 Å². The van der Waals surface area contributed by atoms with E-state index in [0.29, 0.717) is 11.8 Å². The van der Waals surface area contributed by atoms with Crippen molar-refractivity contribution in [2.75, 3.05) is 62.2 Å². The van der Waals surface area contributed by atoms with E-state index in [9.17, 15) is 9.59 Å². The SMILES string of the molecule is Cc1ccccc1N1CCN(C(=O)C2CCC(C(=O)N3CCN(c4ccccc4C)CC3)CC2)CC1. The molecule has 3 aliphatic rings. The van der Waals surface area contributed by atoms with E-state index >= 15 is 0 Å². The van der Waals surface area contributed by atoms with Gasteiger partial charge in [0.2, 0.25) is 11.8 Å². The summed E-state index contributed by atoms with van der Waals surface area (Å²) in [5.74, 6) is 0.767. The van der Waals surface area contributed by atoms with E-state index in [1.54, 1.807) is 0 Å². The van der Waals surface area contributed by atoms with Gasteiger partial charge in [0.15, 0.2) is 0 Å². The van der Waals surface area contributed by atoms with Crippen LogP contribution in [0.1, 0.15) is 36.8 Å². The second-order valence-electron chi connectivity index (χ2n) is 10.7. The number of carbonyl (C=O) groups excluding carboxylic acids is 2. The number of rotatable bonds is 4. The zero-order valence-electron chi connectivity index (χ0n) is 21.9. The van der Waals surface area contributed by atoms with Crippen molar-refractivity contribution < 1.29 is 9.59 Å². The summed E-state index contributed by atoms with van der Waals surface area (Å²) in [5.41, 5.74) is 5.14. The molecule has 0 bridgehead atoms. The van der Waals surface area contributed by atoms with Crippen LogP contribution in [0, 0.1) is 25.7 Å². The van der Waals surface area contributed by atoms with Crippen LogP contribution in [0.2, 0.25) is 0 Å². The van der Waals surface area contributed by atoms with E-state index in [0.717, 1.165) is 78.0 Å². The maximum atomic E-state index is 13.2. The first-order valence-corrected chi connectivity index (χ1v) is 13.7. The van der Waals surface area contributed by atoms with Gasteiger partial charge in [-0.2, -0.15) is 0 Å². The Labute approximate surface area is 215 Å². The highest BCUT2D eigenvalue weighted by Gasteiger charge is 2.35. The molecule has 1 aliphatic carbocycles. The highest BCUT2D eigenvalue weighted by molar-refractivity contribution is 5.82. The number of anilines is 2. The third kappa shape index (κ3) is 5.23. The lowest BCUT2D eigenvalue weighted by Crippen LogP contribution is -2.52. The fourth-order valence-electron chi connectivity index (χ4n) is 6.28. The molecule has 5 rings (SSSR count). The Morgan fingerprint density at radius 3 is 1.22 bits per heavy atom. The van der Waals surface area contributed by atoms with Crippen LogP contribution in [0.5, 0.6) is 0 Å². The predicted octanol–water partition coefficient (Wildman–Crippen LogP) is 4.11. The molecule has 0 aromatic heterocycles. The van der Waals surface area contributed by atoms with Crippen LogP contribution in [0.15, 0.2) is 48.5 Å². The first kappa shape index (κ1) is 24.7. The monoisotopic (exact) mass is 488 g/mol. The van der Waals surface area contributed by atoms with Crippen LogP contribution >= 0.6 is 0 Å². The fraction of sp³-hybridized carbons (Fsp3) is 0.533. The molecule has 2 aliphatic heterocycles. The largest absolute Gasteiger partial charge is 0.368 e. The van der Waals surface area contributed by atoms with Crippen LogP contribution in [-0.2, 0) is 9.59 Å². The summed E-state index contributed by atoms with van der Waals surface area (Å²) in [5, 5.41) is 0. The van der Waals surface area contributed by atoms with Crippen LogP contribution < -0.4 is 9.80 Å². The molecule has 3 fully saturated rings. The Morgan fingerprint density at radius 1 is 0.556 bits per heavy atom. The Bertz CT molecular complexity index is 977. The van der Waals surface area contributed by atoms with E-state index < -0.39 is 0 Å². The molecule has 1 saturated carbocycles. The highest BCUT2D eigenvalue weighted by atomic mass is 16.2. The van der Waals surface area contributed by atoms with Gasteiger partial charge in [0.1, 0.15) is 0 Å². The molecule has 36 heavy (non-hydrogen) atoms. The lowest BCUT2D eigenvalue weighted by Gasteiger charge is -2.40. The summed E-state index contributed by atoms with van der Waals surface area (Å²) in [4.78, 5) is 35.4. The van der Waals surface area contributed by atoms with Gasteiger partial charge in [-0.05, 0) is 62.8 Å². The standard InChI is InChI=1S/C30H40N4O2/c1-23-7-3-5-9-27(23)31-15-19-33(20-16-31)29(35)25-11-13-26(14-12-25)30(36)34-21-17-32(18-22-34)28-10-6-4-8-24(28)2/h3-10,25-26H,11-22H2,1-2H3. The van der Waals surface area contributed by atoms with E-state index in [1.165, 1.54) is 22.5 Å². The quantitative estimate of drug-likeness (QED) is 0.650. The summed E-state index contributed by atoms with van der Waals surface area (Å²) in [7, 11) is 0. The van der Waals surface area contributed by atoms with Crippen molar-refractivity contribution in [2.45, 2.75) is 39.5 Å². The number of nitrogens with zero attached hydrogens (tertiary/aromatic N) is 4. The van der Waals surface area contributed by atoms with Gasteiger partial charge in [0.05, 0.1) is 0 Å². The summed E-state index contributed by atoms with van der Waals surface area (Å²) < 4.78 is 0. The normalized spacial score (nSPS) is 23.1. The molecule has 0 radical (unpaired) electrons. The summed E-state index contributed by atoms with van der Waals surface area (Å²) >= 11 is 0. The molecule has 0 N–H and O–H groups in total. The minimum Gasteiger partial charge on any atom is -0.368 e. The topological polar surface area (TPSA) is 47.1 Å². The van der Waals surface area contributed by atoms with Gasteiger partial charge < -0.3 is 19.6 Å². The van der Waals surface area contributed by atoms with Crippen molar-refractivity contribution in [2.24, 2.45) is 11.8 Å². The molecule has 2 heterocycles. The molecule has 6 heteroatoms. The van der Waals surface area contributed by atoms with Gasteiger partial charge in [-0.25, -0.2) is 0 Å². The molecule has 6 nitrogen and oxygen atoms in total. The number of hydrogen-bond acceptors (Lipinski definition) is 4. The van der Waals surface area contributed by atoms with E-state index in [1.807, 2.05) is 0 Å². The lowest BCUT2D eigenvalue weighted by atomic mass is 9.80. The van der Waals surface area contributed by atoms with Gasteiger partial charge >= 0.3 is 0 Å². The number of aryl methyl sites for hydroxylation is 2. The lowest BCUT2D eigenvalue weighted by molar-refractivity contribution is -0.141. The van der Waals surface area contributed by atoms with Crippen LogP contribution in [0.3, 0.4) is 0 Å². The van der Waals surface area contributed by atoms with Crippen LogP contribution in [0.25, 0.3) is 0 Å². The highest BCUT2D eigenvalue weighted by Crippen LogP contribution is 2.32. The van der Waals surface area contributed by atoms with Crippen molar-refractivity contribution >= 4 is 23.2 Å². The van der Waals surface area contributed by atoms with Crippen molar-refractivity contribution in [1.82, 2.24) is 9.80 Å². The minimum atomic E-state index is 0.0805. The molecule has 2 amide bonds. The molecular formula is C30H40N4O2. The van der Waals surface area contributed by atoms with Gasteiger partial charge in [0, 0.05) is 75.6 Å². The van der Waals surface area contributed by atoms with Crippen molar-refractivity contribution in [3.8, 4) is 0 Å². The first-order chi connectivity index (χ1) is 17.5. The van der Waals surface area contributed by atoms with Crippen molar-refractivity contribution in [1.29, 1.82) is 0 Å². The number of carbonyl (C=O) groups is 2. The minimum absolute atomic E-state index is 0.0805. The van der Waals surface area contributed by atoms with Crippen molar-refractivity contribution in [3.63, 3.8) is 0 Å². The third-order valence-electron chi connectivity index (χ3n) is 8.52. The molecule has 2 aromatic rings. The number of para-hydroxylation sites is 2. The third-order valence-corrected chi connectivity index (χ3v) is 8.52.